The van der Waals surface area contributed by atoms with Crippen LogP contribution in [0.3, 0.4) is 0 Å². The Labute approximate surface area is 137 Å². The molecule has 1 unspecified atom stereocenters. The second-order valence-electron chi connectivity index (χ2n) is 7.55. The van der Waals surface area contributed by atoms with Gasteiger partial charge in [0.2, 0.25) is 5.91 Å². The third-order valence-electron chi connectivity index (χ3n) is 5.82. The lowest BCUT2D eigenvalue weighted by Gasteiger charge is -2.36. The molecule has 1 aromatic rings. The van der Waals surface area contributed by atoms with Crippen LogP contribution in [-0.2, 0) is 10.4 Å². The number of nitrogens with zero attached hydrogens (tertiary/aromatic N) is 2. The van der Waals surface area contributed by atoms with Crippen LogP contribution in [0.4, 0.5) is 5.82 Å². The molecule has 3 fully saturated rings. The molecule has 0 bridgehead atoms. The fraction of sp³-hybridized carbons (Fsp3) is 0.667. The van der Waals surface area contributed by atoms with Gasteiger partial charge in [-0.25, -0.2) is 4.98 Å². The first-order valence-electron chi connectivity index (χ1n) is 8.79. The van der Waals surface area contributed by atoms with Gasteiger partial charge in [0, 0.05) is 6.04 Å². The lowest BCUT2D eigenvalue weighted by atomic mass is 9.77. The summed E-state index contributed by atoms with van der Waals surface area (Å²) >= 11 is 0. The molecule has 23 heavy (non-hydrogen) atoms. The van der Waals surface area contributed by atoms with Crippen molar-refractivity contribution in [3.8, 4) is 0 Å². The molecule has 1 aliphatic heterocycles. The van der Waals surface area contributed by atoms with Gasteiger partial charge in [0.15, 0.2) is 0 Å². The zero-order valence-corrected chi connectivity index (χ0v) is 13.7. The van der Waals surface area contributed by atoms with Gasteiger partial charge in [-0.1, -0.05) is 6.07 Å². The number of aromatic nitrogens is 1. The van der Waals surface area contributed by atoms with Crippen LogP contribution in [0.15, 0.2) is 18.2 Å². The number of nitrogens with one attached hydrogen (secondary N) is 1. The standard InChI is InChI=1S/C18H25N3O2/c1-17(9-4-12-21(17)13-7-8-13)16(22)20-15-6-2-5-14(19-15)18(23)10-3-11-18/h2,5-6,13,23H,3-4,7-12H2,1H3,(H,19,20,22). The fourth-order valence-corrected chi connectivity index (χ4v) is 3.98. The van der Waals surface area contributed by atoms with Crippen molar-refractivity contribution in [1.82, 2.24) is 9.88 Å². The molecule has 1 saturated heterocycles. The lowest BCUT2D eigenvalue weighted by molar-refractivity contribution is -0.125. The molecule has 2 heterocycles. The summed E-state index contributed by atoms with van der Waals surface area (Å²) < 4.78 is 0. The van der Waals surface area contributed by atoms with Gasteiger partial charge in [0.25, 0.3) is 0 Å². The van der Waals surface area contributed by atoms with Crippen molar-refractivity contribution >= 4 is 11.7 Å². The Kier molecular flexibility index (Phi) is 3.46. The highest BCUT2D eigenvalue weighted by Crippen LogP contribution is 2.41. The minimum Gasteiger partial charge on any atom is -0.384 e. The quantitative estimate of drug-likeness (QED) is 0.895. The molecular formula is C18H25N3O2. The highest BCUT2D eigenvalue weighted by Gasteiger charge is 2.49. The maximum absolute atomic E-state index is 12.9. The third-order valence-corrected chi connectivity index (χ3v) is 5.82. The summed E-state index contributed by atoms with van der Waals surface area (Å²) in [5.41, 5.74) is -0.540. The van der Waals surface area contributed by atoms with Crippen molar-refractivity contribution in [3.05, 3.63) is 23.9 Å². The second kappa shape index (κ2) is 5.28. The van der Waals surface area contributed by atoms with Crippen LogP contribution in [0.2, 0.25) is 0 Å². The largest absolute Gasteiger partial charge is 0.384 e. The van der Waals surface area contributed by atoms with Crippen molar-refractivity contribution < 1.29 is 9.90 Å². The van der Waals surface area contributed by atoms with Gasteiger partial charge in [0.1, 0.15) is 11.4 Å². The first-order chi connectivity index (χ1) is 11.0. The number of anilines is 1. The molecule has 124 valence electrons. The van der Waals surface area contributed by atoms with Gasteiger partial charge in [0.05, 0.1) is 11.2 Å². The van der Waals surface area contributed by atoms with E-state index in [0.29, 0.717) is 17.6 Å². The van der Waals surface area contributed by atoms with Crippen LogP contribution in [0.25, 0.3) is 0 Å². The molecular weight excluding hydrogens is 290 g/mol. The summed E-state index contributed by atoms with van der Waals surface area (Å²) in [6.07, 6.45) is 6.94. The van der Waals surface area contributed by atoms with E-state index >= 15 is 0 Å². The van der Waals surface area contributed by atoms with Crippen LogP contribution >= 0.6 is 0 Å². The van der Waals surface area contributed by atoms with Crippen LogP contribution in [0.5, 0.6) is 0 Å². The third kappa shape index (κ3) is 2.56. The smallest absolute Gasteiger partial charge is 0.245 e. The van der Waals surface area contributed by atoms with Crippen LogP contribution in [0, 0.1) is 0 Å². The van der Waals surface area contributed by atoms with E-state index in [1.165, 1.54) is 12.8 Å². The van der Waals surface area contributed by atoms with Gasteiger partial charge in [-0.05, 0) is 70.5 Å². The highest BCUT2D eigenvalue weighted by atomic mass is 16.3. The normalized spacial score (nSPS) is 30.0. The Hall–Kier alpha value is -1.46. The molecule has 3 aliphatic rings. The molecule has 2 N–H and O–H groups in total. The Bertz CT molecular complexity index is 624. The Balaban J connectivity index is 1.51. The van der Waals surface area contributed by atoms with Crippen molar-refractivity contribution in [2.75, 3.05) is 11.9 Å². The molecule has 5 heteroatoms. The monoisotopic (exact) mass is 315 g/mol. The SMILES string of the molecule is CC1(C(=O)Nc2cccc(C3(O)CCC3)n2)CCCN1C1CC1. The van der Waals surface area contributed by atoms with Crippen molar-refractivity contribution in [3.63, 3.8) is 0 Å². The Morgan fingerprint density at radius 3 is 2.74 bits per heavy atom. The summed E-state index contributed by atoms with van der Waals surface area (Å²) in [5, 5.41) is 13.4. The van der Waals surface area contributed by atoms with E-state index in [0.717, 1.165) is 38.6 Å². The number of amides is 1. The van der Waals surface area contributed by atoms with Gasteiger partial charge < -0.3 is 10.4 Å². The number of carbonyl (C=O) groups excluding carboxylic acids is 1. The molecule has 1 amide bonds. The minimum absolute atomic E-state index is 0.0344. The van der Waals surface area contributed by atoms with Crippen molar-refractivity contribution in [2.45, 2.75) is 69.1 Å². The number of hydrogen-bond acceptors (Lipinski definition) is 4. The predicted octanol–water partition coefficient (Wildman–Crippen LogP) is 2.41. The van der Waals surface area contributed by atoms with Crippen LogP contribution in [0.1, 0.15) is 57.6 Å². The summed E-state index contributed by atoms with van der Waals surface area (Å²) in [6, 6.07) is 6.11. The lowest BCUT2D eigenvalue weighted by Crippen LogP contribution is -2.51. The molecule has 5 nitrogen and oxygen atoms in total. The average molecular weight is 315 g/mol. The number of hydrogen-bond donors (Lipinski definition) is 2. The minimum atomic E-state index is -0.794. The summed E-state index contributed by atoms with van der Waals surface area (Å²) in [4.78, 5) is 19.7. The molecule has 0 radical (unpaired) electrons. The van der Waals surface area contributed by atoms with Crippen LogP contribution in [-0.4, -0.2) is 39.0 Å². The van der Waals surface area contributed by atoms with E-state index in [9.17, 15) is 9.90 Å². The van der Waals surface area contributed by atoms with E-state index in [-0.39, 0.29) is 5.91 Å². The zero-order valence-electron chi connectivity index (χ0n) is 13.7. The Morgan fingerprint density at radius 1 is 1.30 bits per heavy atom. The van der Waals surface area contributed by atoms with Gasteiger partial charge >= 0.3 is 0 Å². The summed E-state index contributed by atoms with van der Waals surface area (Å²) in [5.74, 6) is 0.587. The first-order valence-corrected chi connectivity index (χ1v) is 8.79. The van der Waals surface area contributed by atoms with Crippen molar-refractivity contribution in [2.24, 2.45) is 0 Å². The number of carbonyl (C=O) groups is 1. The van der Waals surface area contributed by atoms with E-state index in [1.807, 2.05) is 18.2 Å². The number of likely N-dealkylation sites (tertiary alicyclic amines) is 1. The summed E-state index contributed by atoms with van der Waals surface area (Å²) in [6.45, 7) is 3.07. The van der Waals surface area contributed by atoms with Gasteiger partial charge in [-0.3, -0.25) is 9.69 Å². The zero-order chi connectivity index (χ0) is 16.1. The maximum Gasteiger partial charge on any atom is 0.245 e. The number of aliphatic hydroxyl groups is 1. The van der Waals surface area contributed by atoms with E-state index in [1.54, 1.807) is 0 Å². The average Bonchev–Trinajstić information content (AvgIpc) is 3.27. The van der Waals surface area contributed by atoms with E-state index in [4.69, 9.17) is 0 Å². The van der Waals surface area contributed by atoms with Gasteiger partial charge in [-0.2, -0.15) is 0 Å². The van der Waals surface area contributed by atoms with E-state index in [2.05, 4.69) is 22.1 Å². The fourth-order valence-electron chi connectivity index (χ4n) is 3.98. The first kappa shape index (κ1) is 15.1. The second-order valence-corrected chi connectivity index (χ2v) is 7.55. The summed E-state index contributed by atoms with van der Waals surface area (Å²) in [7, 11) is 0. The maximum atomic E-state index is 12.9. The molecule has 0 spiro atoms. The number of rotatable bonds is 4. The number of pyridine rings is 1. The van der Waals surface area contributed by atoms with Crippen LogP contribution < -0.4 is 5.32 Å². The van der Waals surface area contributed by atoms with Gasteiger partial charge in [-0.15, -0.1) is 0 Å². The molecule has 2 saturated carbocycles. The molecule has 4 rings (SSSR count). The predicted molar refractivity (Wildman–Crippen MR) is 88.0 cm³/mol. The highest BCUT2D eigenvalue weighted by molar-refractivity contribution is 5.97. The molecule has 2 aliphatic carbocycles. The topological polar surface area (TPSA) is 65.5 Å². The molecule has 0 aromatic carbocycles. The van der Waals surface area contributed by atoms with Crippen molar-refractivity contribution in [1.29, 1.82) is 0 Å². The van der Waals surface area contributed by atoms with E-state index < -0.39 is 11.1 Å². The molecule has 1 atom stereocenters. The molecule has 1 aromatic heterocycles. The Morgan fingerprint density at radius 2 is 2.09 bits per heavy atom.